The van der Waals surface area contributed by atoms with Crippen LogP contribution in [0.15, 0.2) is 0 Å². The summed E-state index contributed by atoms with van der Waals surface area (Å²) in [6.07, 6.45) is 2.44. The first-order valence-corrected chi connectivity index (χ1v) is 7.90. The van der Waals surface area contributed by atoms with Crippen LogP contribution >= 0.6 is 24.0 Å². The van der Waals surface area contributed by atoms with Crippen LogP contribution in [0.1, 0.15) is 30.8 Å². The Hall–Kier alpha value is -1.15. The summed E-state index contributed by atoms with van der Waals surface area (Å²) >= 11 is 7.09. The summed E-state index contributed by atoms with van der Waals surface area (Å²) < 4.78 is 0.917. The number of likely N-dealkylation sites (tertiary alicyclic amines) is 1. The molecule has 1 aliphatic rings. The van der Waals surface area contributed by atoms with Gasteiger partial charge in [-0.2, -0.15) is 15.0 Å². The summed E-state index contributed by atoms with van der Waals surface area (Å²) in [4.78, 5) is 16.8. The number of thioether (sulfide) groups is 1. The maximum absolute atomic E-state index is 5.75. The molecule has 0 bridgehead atoms. The Morgan fingerprint density at radius 3 is 2.55 bits per heavy atom. The first-order valence-electron chi connectivity index (χ1n) is 6.61. The zero-order valence-electron chi connectivity index (χ0n) is 12.0. The van der Waals surface area contributed by atoms with Gasteiger partial charge in [0, 0.05) is 27.2 Å². The Bertz CT molecular complexity index is 487. The minimum Gasteiger partial charge on any atom is -0.368 e. The van der Waals surface area contributed by atoms with Crippen LogP contribution in [-0.4, -0.2) is 51.4 Å². The predicted octanol–water partition coefficient (Wildman–Crippen LogP) is 1.69. The maximum atomic E-state index is 5.75. The molecule has 1 unspecified atom stereocenters. The molecule has 2 rings (SSSR count). The van der Waals surface area contributed by atoms with Crippen LogP contribution < -0.4 is 10.6 Å². The molecule has 110 valence electrons. The first-order chi connectivity index (χ1) is 9.47. The number of nitrogen functional groups attached to an aromatic ring is 1. The fourth-order valence-electron chi connectivity index (χ4n) is 1.96. The van der Waals surface area contributed by atoms with Crippen molar-refractivity contribution in [3.8, 4) is 0 Å². The van der Waals surface area contributed by atoms with Crippen molar-refractivity contribution in [3.05, 3.63) is 5.82 Å². The Morgan fingerprint density at radius 2 is 1.95 bits per heavy atom. The number of thiocarbonyl (C=S) groups is 1. The lowest BCUT2D eigenvalue weighted by molar-refractivity contribution is 0.539. The second kappa shape index (κ2) is 6.53. The van der Waals surface area contributed by atoms with Crippen LogP contribution in [0.5, 0.6) is 0 Å². The van der Waals surface area contributed by atoms with E-state index in [4.69, 9.17) is 18.0 Å². The van der Waals surface area contributed by atoms with Gasteiger partial charge in [-0.25, -0.2) is 0 Å². The minimum atomic E-state index is 0.0621. The van der Waals surface area contributed by atoms with Crippen LogP contribution in [0.3, 0.4) is 0 Å². The fraction of sp³-hybridized carbons (Fsp3) is 0.667. The van der Waals surface area contributed by atoms with Crippen LogP contribution in [0.4, 0.5) is 11.9 Å². The predicted molar refractivity (Wildman–Crippen MR) is 88.0 cm³/mol. The number of hydrogen-bond acceptors (Lipinski definition) is 7. The third-order valence-corrected chi connectivity index (χ3v) is 4.63. The van der Waals surface area contributed by atoms with Crippen molar-refractivity contribution < 1.29 is 0 Å². The maximum Gasteiger partial charge on any atom is 0.229 e. The summed E-state index contributed by atoms with van der Waals surface area (Å²) in [5.41, 5.74) is 5.75. The lowest BCUT2D eigenvalue weighted by Crippen LogP contribution is -2.24. The molecular weight excluding hydrogens is 292 g/mol. The molecule has 20 heavy (non-hydrogen) atoms. The van der Waals surface area contributed by atoms with Crippen LogP contribution in [-0.2, 0) is 0 Å². The molecule has 0 saturated carbocycles. The van der Waals surface area contributed by atoms with Gasteiger partial charge in [-0.15, -0.1) is 0 Å². The topological polar surface area (TPSA) is 71.2 Å². The molecule has 1 aromatic heterocycles. The third kappa shape index (κ3) is 3.69. The summed E-state index contributed by atoms with van der Waals surface area (Å²) in [5, 5.41) is 0.0621. The van der Waals surface area contributed by atoms with E-state index < -0.39 is 0 Å². The number of hydrogen-bond donors (Lipinski definition) is 1. The van der Waals surface area contributed by atoms with Crippen LogP contribution in [0, 0.1) is 0 Å². The molecule has 1 saturated heterocycles. The van der Waals surface area contributed by atoms with Crippen molar-refractivity contribution in [2.45, 2.75) is 25.0 Å². The molecule has 1 aromatic rings. The van der Waals surface area contributed by atoms with Gasteiger partial charge in [-0.1, -0.05) is 24.0 Å². The summed E-state index contributed by atoms with van der Waals surface area (Å²) in [7, 11) is 3.76. The van der Waals surface area contributed by atoms with Gasteiger partial charge in [-0.3, -0.25) is 0 Å². The second-order valence-electron chi connectivity index (χ2n) is 4.97. The highest BCUT2D eigenvalue weighted by Crippen LogP contribution is 2.30. The highest BCUT2D eigenvalue weighted by molar-refractivity contribution is 8.23. The van der Waals surface area contributed by atoms with Crippen molar-refractivity contribution in [2.75, 3.05) is 37.8 Å². The van der Waals surface area contributed by atoms with E-state index in [-0.39, 0.29) is 11.2 Å². The van der Waals surface area contributed by atoms with E-state index in [0.29, 0.717) is 11.8 Å². The SMILES string of the molecule is CC(SC(=S)N1CCCC1)c1nc(N)nc(N(C)C)n1. The Balaban J connectivity index is 2.08. The molecule has 0 amide bonds. The van der Waals surface area contributed by atoms with Gasteiger partial charge in [0.2, 0.25) is 11.9 Å². The van der Waals surface area contributed by atoms with E-state index in [1.165, 1.54) is 12.8 Å². The lowest BCUT2D eigenvalue weighted by atomic mass is 10.4. The molecule has 6 nitrogen and oxygen atoms in total. The monoisotopic (exact) mass is 312 g/mol. The van der Waals surface area contributed by atoms with Gasteiger partial charge in [0.25, 0.3) is 0 Å². The van der Waals surface area contributed by atoms with E-state index >= 15 is 0 Å². The Morgan fingerprint density at radius 1 is 1.30 bits per heavy atom. The third-order valence-electron chi connectivity index (χ3n) is 3.06. The van der Waals surface area contributed by atoms with E-state index in [9.17, 15) is 0 Å². The van der Waals surface area contributed by atoms with E-state index in [0.717, 1.165) is 17.4 Å². The number of nitrogens with two attached hydrogens (primary N) is 1. The number of anilines is 2. The smallest absolute Gasteiger partial charge is 0.229 e. The molecule has 8 heteroatoms. The molecular formula is C12H20N6S2. The van der Waals surface area contributed by atoms with Gasteiger partial charge in [-0.05, 0) is 19.8 Å². The fourth-order valence-corrected chi connectivity index (χ4v) is 3.42. The number of aromatic nitrogens is 3. The van der Waals surface area contributed by atoms with Gasteiger partial charge >= 0.3 is 0 Å². The second-order valence-corrected chi connectivity index (χ2v) is 6.94. The van der Waals surface area contributed by atoms with Crippen molar-refractivity contribution >= 4 is 40.2 Å². The van der Waals surface area contributed by atoms with Crippen LogP contribution in [0.25, 0.3) is 0 Å². The quantitative estimate of drug-likeness (QED) is 0.846. The average Bonchev–Trinajstić information content (AvgIpc) is 2.91. The van der Waals surface area contributed by atoms with Gasteiger partial charge in [0.05, 0.1) is 5.25 Å². The Labute approximate surface area is 129 Å². The molecule has 0 aliphatic carbocycles. The molecule has 1 fully saturated rings. The molecule has 2 heterocycles. The molecule has 1 aliphatic heterocycles. The zero-order valence-corrected chi connectivity index (χ0v) is 13.7. The first kappa shape index (κ1) is 15.2. The minimum absolute atomic E-state index is 0.0621. The molecule has 0 aromatic carbocycles. The number of rotatable bonds is 3. The highest BCUT2D eigenvalue weighted by Gasteiger charge is 2.20. The van der Waals surface area contributed by atoms with Gasteiger partial charge in [0.1, 0.15) is 10.1 Å². The van der Waals surface area contributed by atoms with Gasteiger partial charge in [0.15, 0.2) is 0 Å². The highest BCUT2D eigenvalue weighted by atomic mass is 32.2. The van der Waals surface area contributed by atoms with Crippen molar-refractivity contribution in [3.63, 3.8) is 0 Å². The van der Waals surface area contributed by atoms with Crippen molar-refractivity contribution in [1.29, 1.82) is 0 Å². The molecule has 0 spiro atoms. The van der Waals surface area contributed by atoms with Crippen molar-refractivity contribution in [1.82, 2.24) is 19.9 Å². The Kier molecular flexibility index (Phi) is 4.98. The van der Waals surface area contributed by atoms with Crippen LogP contribution in [0.2, 0.25) is 0 Å². The van der Waals surface area contributed by atoms with E-state index in [1.54, 1.807) is 11.8 Å². The lowest BCUT2D eigenvalue weighted by Gasteiger charge is -2.20. The molecule has 0 radical (unpaired) electrons. The average molecular weight is 312 g/mol. The van der Waals surface area contributed by atoms with E-state index in [2.05, 4.69) is 19.9 Å². The molecule has 2 N–H and O–H groups in total. The number of nitrogens with zero attached hydrogens (tertiary/aromatic N) is 5. The molecule has 1 atom stereocenters. The van der Waals surface area contributed by atoms with Crippen molar-refractivity contribution in [2.24, 2.45) is 0 Å². The summed E-state index contributed by atoms with van der Waals surface area (Å²) in [6, 6.07) is 0. The zero-order chi connectivity index (χ0) is 14.7. The largest absolute Gasteiger partial charge is 0.368 e. The van der Waals surface area contributed by atoms with Gasteiger partial charge < -0.3 is 15.5 Å². The summed E-state index contributed by atoms with van der Waals surface area (Å²) in [5.74, 6) is 1.50. The normalized spacial score (nSPS) is 16.2. The summed E-state index contributed by atoms with van der Waals surface area (Å²) in [6.45, 7) is 4.16. The van der Waals surface area contributed by atoms with E-state index in [1.807, 2.05) is 25.9 Å². The standard InChI is InChI=1S/C12H20N6S2/c1-8(20-12(19)18-6-4-5-7-18)9-14-10(13)16-11(15-9)17(2)3/h8H,4-7H2,1-3H3,(H2,13,14,15,16).